The van der Waals surface area contributed by atoms with E-state index in [0.717, 1.165) is 36.3 Å². The van der Waals surface area contributed by atoms with Crippen LogP contribution in [0.1, 0.15) is 23.7 Å². The van der Waals surface area contributed by atoms with Crippen molar-refractivity contribution in [1.29, 1.82) is 0 Å². The molecule has 0 saturated carbocycles. The van der Waals surface area contributed by atoms with Gasteiger partial charge in [0.1, 0.15) is 0 Å². The molecule has 1 aliphatic heterocycles. The Morgan fingerprint density at radius 2 is 2.00 bits per heavy atom. The van der Waals surface area contributed by atoms with Crippen LogP contribution in [0.3, 0.4) is 0 Å². The molecule has 1 aromatic carbocycles. The minimum absolute atomic E-state index is 0.104. The van der Waals surface area contributed by atoms with Gasteiger partial charge < -0.3 is 14.2 Å². The van der Waals surface area contributed by atoms with Crippen molar-refractivity contribution < 1.29 is 14.2 Å². The Hall–Kier alpha value is -0.740. The van der Waals surface area contributed by atoms with E-state index < -0.39 is 0 Å². The van der Waals surface area contributed by atoms with Gasteiger partial charge in [-0.15, -0.1) is 0 Å². The summed E-state index contributed by atoms with van der Waals surface area (Å²) in [5.41, 5.74) is 2.50. The van der Waals surface area contributed by atoms with Gasteiger partial charge in [-0.05, 0) is 36.1 Å². The fourth-order valence-electron chi connectivity index (χ4n) is 2.16. The van der Waals surface area contributed by atoms with Crippen LogP contribution in [0.2, 0.25) is 0 Å². The number of benzene rings is 1. The standard InChI is InChI=1S/C13H17BrO3/c1-15-11-6-9-4-3-5-17-13(8-14)10(9)7-12(11)16-2/h6-7,13H,3-5,8H2,1-2H3. The summed E-state index contributed by atoms with van der Waals surface area (Å²) in [5, 5.41) is 0.801. The molecule has 0 fully saturated rings. The highest BCUT2D eigenvalue weighted by molar-refractivity contribution is 9.09. The van der Waals surface area contributed by atoms with E-state index in [1.54, 1.807) is 14.2 Å². The van der Waals surface area contributed by atoms with Crippen LogP contribution >= 0.6 is 15.9 Å². The predicted octanol–water partition coefficient (Wildman–Crippen LogP) is 3.10. The lowest BCUT2D eigenvalue weighted by Gasteiger charge is -2.18. The SMILES string of the molecule is COc1cc2c(cc1OC)C(CBr)OCCC2. The maximum absolute atomic E-state index is 5.81. The Balaban J connectivity index is 2.47. The molecule has 0 aromatic heterocycles. The summed E-state index contributed by atoms with van der Waals surface area (Å²) >= 11 is 3.50. The fraction of sp³-hybridized carbons (Fsp3) is 0.538. The maximum atomic E-state index is 5.81. The van der Waals surface area contributed by atoms with Gasteiger partial charge in [0.2, 0.25) is 0 Å². The number of fused-ring (bicyclic) bond motifs is 1. The Kier molecular flexibility index (Phi) is 4.29. The smallest absolute Gasteiger partial charge is 0.161 e. The van der Waals surface area contributed by atoms with E-state index in [-0.39, 0.29) is 6.10 Å². The fourth-order valence-corrected chi connectivity index (χ4v) is 2.69. The number of hydrogen-bond acceptors (Lipinski definition) is 3. The minimum Gasteiger partial charge on any atom is -0.493 e. The van der Waals surface area contributed by atoms with Crippen LogP contribution in [0.4, 0.5) is 0 Å². The van der Waals surface area contributed by atoms with E-state index in [4.69, 9.17) is 14.2 Å². The van der Waals surface area contributed by atoms with Crippen LogP contribution < -0.4 is 9.47 Å². The van der Waals surface area contributed by atoms with Crippen LogP contribution in [0, 0.1) is 0 Å². The van der Waals surface area contributed by atoms with Gasteiger partial charge in [0, 0.05) is 11.9 Å². The highest BCUT2D eigenvalue weighted by Crippen LogP contribution is 2.36. The third kappa shape index (κ3) is 2.58. The first kappa shape index (κ1) is 12.7. The first-order valence-corrected chi connectivity index (χ1v) is 6.84. The molecule has 1 aliphatic rings. The number of rotatable bonds is 3. The van der Waals surface area contributed by atoms with Gasteiger partial charge in [-0.1, -0.05) is 15.9 Å². The molecule has 0 radical (unpaired) electrons. The average molecular weight is 301 g/mol. The molecule has 0 spiro atoms. The van der Waals surface area contributed by atoms with Crippen LogP contribution in [0.15, 0.2) is 12.1 Å². The van der Waals surface area contributed by atoms with E-state index in [1.807, 2.05) is 6.07 Å². The third-order valence-corrected chi connectivity index (χ3v) is 3.63. The number of methoxy groups -OCH3 is 2. The van der Waals surface area contributed by atoms with E-state index in [9.17, 15) is 0 Å². The van der Waals surface area contributed by atoms with Gasteiger partial charge in [0.25, 0.3) is 0 Å². The lowest BCUT2D eigenvalue weighted by molar-refractivity contribution is 0.0738. The highest BCUT2D eigenvalue weighted by atomic mass is 79.9. The summed E-state index contributed by atoms with van der Waals surface area (Å²) in [5.74, 6) is 1.56. The largest absolute Gasteiger partial charge is 0.493 e. The highest BCUT2D eigenvalue weighted by Gasteiger charge is 2.21. The second-order valence-corrected chi connectivity index (χ2v) is 4.67. The van der Waals surface area contributed by atoms with Gasteiger partial charge in [-0.25, -0.2) is 0 Å². The van der Waals surface area contributed by atoms with Crippen molar-refractivity contribution in [3.8, 4) is 11.5 Å². The minimum atomic E-state index is 0.104. The number of alkyl halides is 1. The van der Waals surface area contributed by atoms with Crippen LogP contribution in [-0.4, -0.2) is 26.2 Å². The van der Waals surface area contributed by atoms with Crippen molar-refractivity contribution in [3.05, 3.63) is 23.3 Å². The van der Waals surface area contributed by atoms with E-state index in [0.29, 0.717) is 0 Å². The number of halogens is 1. The molecule has 3 nitrogen and oxygen atoms in total. The molecule has 17 heavy (non-hydrogen) atoms. The first-order chi connectivity index (χ1) is 8.30. The predicted molar refractivity (Wildman–Crippen MR) is 70.4 cm³/mol. The molecule has 4 heteroatoms. The zero-order chi connectivity index (χ0) is 12.3. The monoisotopic (exact) mass is 300 g/mol. The van der Waals surface area contributed by atoms with Gasteiger partial charge >= 0.3 is 0 Å². The second-order valence-electron chi connectivity index (χ2n) is 4.02. The Labute approximate surface area is 110 Å². The molecule has 1 heterocycles. The number of aryl methyl sites for hydroxylation is 1. The van der Waals surface area contributed by atoms with Gasteiger partial charge in [0.05, 0.1) is 20.3 Å². The number of hydrogen-bond donors (Lipinski definition) is 0. The Morgan fingerprint density at radius 3 is 2.65 bits per heavy atom. The quantitative estimate of drug-likeness (QED) is 0.803. The zero-order valence-electron chi connectivity index (χ0n) is 10.2. The lowest BCUT2D eigenvalue weighted by atomic mass is 9.99. The van der Waals surface area contributed by atoms with Crippen LogP contribution in [0.25, 0.3) is 0 Å². The van der Waals surface area contributed by atoms with Crippen molar-refractivity contribution in [2.24, 2.45) is 0 Å². The topological polar surface area (TPSA) is 27.7 Å². The summed E-state index contributed by atoms with van der Waals surface area (Å²) in [6, 6.07) is 4.10. The average Bonchev–Trinajstić information content (AvgIpc) is 2.58. The van der Waals surface area contributed by atoms with Crippen molar-refractivity contribution >= 4 is 15.9 Å². The molecule has 1 atom stereocenters. The summed E-state index contributed by atoms with van der Waals surface area (Å²) in [7, 11) is 3.32. The van der Waals surface area contributed by atoms with E-state index in [2.05, 4.69) is 22.0 Å². The molecular weight excluding hydrogens is 284 g/mol. The van der Waals surface area contributed by atoms with Crippen molar-refractivity contribution in [2.45, 2.75) is 18.9 Å². The summed E-state index contributed by atoms with van der Waals surface area (Å²) in [4.78, 5) is 0. The second kappa shape index (κ2) is 5.74. The lowest BCUT2D eigenvalue weighted by Crippen LogP contribution is -2.06. The first-order valence-electron chi connectivity index (χ1n) is 5.72. The molecule has 2 rings (SSSR count). The molecule has 0 amide bonds. The molecule has 0 aliphatic carbocycles. The molecule has 1 unspecified atom stereocenters. The van der Waals surface area contributed by atoms with Crippen molar-refractivity contribution in [3.63, 3.8) is 0 Å². The Bertz CT molecular complexity index is 392. The van der Waals surface area contributed by atoms with Crippen LogP contribution in [-0.2, 0) is 11.2 Å². The normalized spacial score (nSPS) is 19.4. The Morgan fingerprint density at radius 1 is 1.29 bits per heavy atom. The summed E-state index contributed by atoms with van der Waals surface area (Å²) < 4.78 is 16.5. The van der Waals surface area contributed by atoms with Crippen LogP contribution in [0.5, 0.6) is 11.5 Å². The molecule has 0 N–H and O–H groups in total. The summed E-state index contributed by atoms with van der Waals surface area (Å²) in [6.07, 6.45) is 2.18. The molecular formula is C13H17BrO3. The summed E-state index contributed by atoms with van der Waals surface area (Å²) in [6.45, 7) is 0.801. The van der Waals surface area contributed by atoms with E-state index in [1.165, 1.54) is 11.1 Å². The zero-order valence-corrected chi connectivity index (χ0v) is 11.7. The molecule has 0 saturated heterocycles. The van der Waals surface area contributed by atoms with E-state index >= 15 is 0 Å². The van der Waals surface area contributed by atoms with Gasteiger partial charge in [-0.2, -0.15) is 0 Å². The van der Waals surface area contributed by atoms with Crippen molar-refractivity contribution in [2.75, 3.05) is 26.2 Å². The number of ether oxygens (including phenoxy) is 3. The molecule has 94 valence electrons. The van der Waals surface area contributed by atoms with Crippen molar-refractivity contribution in [1.82, 2.24) is 0 Å². The maximum Gasteiger partial charge on any atom is 0.161 e. The molecule has 1 aromatic rings. The van der Waals surface area contributed by atoms with Gasteiger partial charge in [-0.3, -0.25) is 0 Å². The van der Waals surface area contributed by atoms with Gasteiger partial charge in [0.15, 0.2) is 11.5 Å². The third-order valence-electron chi connectivity index (χ3n) is 3.04. The molecule has 0 bridgehead atoms.